The number of benzene rings is 11. The van der Waals surface area contributed by atoms with Crippen LogP contribution in [-0.4, -0.2) is 0 Å². The minimum Gasteiger partial charge on any atom is -0.454 e. The molecule has 11 aromatic carbocycles. The summed E-state index contributed by atoms with van der Waals surface area (Å²) in [5.41, 5.74) is 12.5. The maximum Gasteiger partial charge on any atom is 0.159 e. The van der Waals surface area contributed by atoms with Gasteiger partial charge in [-0.2, -0.15) is 0 Å². The van der Waals surface area contributed by atoms with Gasteiger partial charge in [0.2, 0.25) is 0 Å². The molecular formula is C61H39NOS. The zero-order valence-corrected chi connectivity index (χ0v) is 36.1. The summed E-state index contributed by atoms with van der Waals surface area (Å²) in [5, 5.41) is 14.8. The Morgan fingerprint density at radius 1 is 0.406 bits per heavy atom. The Morgan fingerprint density at radius 2 is 1.00 bits per heavy atom. The normalized spacial score (nSPS) is 13.3. The Hall–Kier alpha value is -7.72. The van der Waals surface area contributed by atoms with Crippen molar-refractivity contribution >= 4 is 114 Å². The summed E-state index contributed by atoms with van der Waals surface area (Å²) in [6.45, 7) is 4.74. The van der Waals surface area contributed by atoms with Crippen LogP contribution >= 0.6 is 11.3 Å². The maximum atomic E-state index is 6.96. The monoisotopic (exact) mass is 833 g/mol. The summed E-state index contributed by atoms with van der Waals surface area (Å²) in [5.74, 6) is 0. The minimum atomic E-state index is -0.189. The second-order valence-electron chi connectivity index (χ2n) is 17.9. The van der Waals surface area contributed by atoms with Crippen LogP contribution in [-0.2, 0) is 5.41 Å². The molecule has 0 unspecified atom stereocenters. The number of rotatable bonds is 4. The molecule has 14 rings (SSSR count). The second kappa shape index (κ2) is 13.2. The van der Waals surface area contributed by atoms with Gasteiger partial charge in [0.25, 0.3) is 0 Å². The highest BCUT2D eigenvalue weighted by Gasteiger charge is 2.36. The largest absolute Gasteiger partial charge is 0.454 e. The van der Waals surface area contributed by atoms with E-state index in [1.54, 1.807) is 0 Å². The van der Waals surface area contributed by atoms with Crippen LogP contribution in [0.1, 0.15) is 25.0 Å². The Morgan fingerprint density at radius 3 is 1.84 bits per heavy atom. The second-order valence-corrected chi connectivity index (χ2v) is 18.9. The standard InChI is InChI=1S/C61H39NOS/c1-61(2)51-26-11-9-20-42(51)43-32-30-37(35-52(43)61)62(54-27-14-23-47-44-21-10-12-28-55(44)63-58(47)54)53-34-33-46-41-19-6-5-17-39(41)40-18-7-8-22-45(40)56(46)57(53)50-25-13-24-48-49-31-29-36-15-3-4-16-38(36)59(49)64-60(48)50/h3-35H,1-2H3. The Balaban J connectivity index is 1.17. The molecule has 2 aromatic heterocycles. The molecule has 0 fully saturated rings. The van der Waals surface area contributed by atoms with Gasteiger partial charge in [0.15, 0.2) is 5.58 Å². The molecule has 1 aliphatic rings. The number of thiophene rings is 1. The van der Waals surface area contributed by atoms with E-state index < -0.39 is 0 Å². The molecule has 300 valence electrons. The minimum absolute atomic E-state index is 0.189. The fraction of sp³-hybridized carbons (Fsp3) is 0.0492. The number of anilines is 3. The van der Waals surface area contributed by atoms with E-state index >= 15 is 0 Å². The van der Waals surface area contributed by atoms with Crippen molar-refractivity contribution in [3.63, 3.8) is 0 Å². The van der Waals surface area contributed by atoms with Crippen LogP contribution in [0.5, 0.6) is 0 Å². The molecule has 2 nitrogen and oxygen atoms in total. The van der Waals surface area contributed by atoms with Crippen LogP contribution in [0.15, 0.2) is 205 Å². The molecule has 13 aromatic rings. The third kappa shape index (κ3) is 4.85. The summed E-state index contributed by atoms with van der Waals surface area (Å²) in [7, 11) is 0. The fourth-order valence-corrected chi connectivity index (χ4v) is 12.7. The van der Waals surface area contributed by atoms with Gasteiger partial charge in [-0.15, -0.1) is 11.3 Å². The first kappa shape index (κ1) is 35.8. The molecule has 0 atom stereocenters. The SMILES string of the molecule is CC1(C)c2ccccc2-c2ccc(N(c3ccc4c5ccccc5c5ccccc5c4c3-c3cccc4c3sc3c5ccccc5ccc43)c3cccc4c3oc3ccccc34)cc21. The molecule has 0 radical (unpaired) electrons. The molecule has 0 amide bonds. The van der Waals surface area contributed by atoms with Crippen molar-refractivity contribution < 1.29 is 4.42 Å². The molecule has 3 heteroatoms. The van der Waals surface area contributed by atoms with Gasteiger partial charge in [-0.1, -0.05) is 184 Å². The molecule has 0 bridgehead atoms. The number of fused-ring (bicyclic) bond motifs is 17. The molecule has 0 aliphatic heterocycles. The van der Waals surface area contributed by atoms with Crippen LogP contribution in [0.2, 0.25) is 0 Å². The van der Waals surface area contributed by atoms with E-state index in [9.17, 15) is 0 Å². The van der Waals surface area contributed by atoms with Gasteiger partial charge in [-0.25, -0.2) is 0 Å². The summed E-state index contributed by atoms with van der Waals surface area (Å²) >= 11 is 1.92. The lowest BCUT2D eigenvalue weighted by atomic mass is 9.82. The van der Waals surface area contributed by atoms with Crippen LogP contribution in [0.4, 0.5) is 17.1 Å². The highest BCUT2D eigenvalue weighted by atomic mass is 32.1. The van der Waals surface area contributed by atoms with Gasteiger partial charge in [0.1, 0.15) is 5.58 Å². The summed E-state index contributed by atoms with van der Waals surface area (Å²) in [6.07, 6.45) is 0. The number of hydrogen-bond acceptors (Lipinski definition) is 3. The van der Waals surface area contributed by atoms with Crippen molar-refractivity contribution in [2.45, 2.75) is 19.3 Å². The molecular weight excluding hydrogens is 795 g/mol. The van der Waals surface area contributed by atoms with Gasteiger partial charge < -0.3 is 9.32 Å². The lowest BCUT2D eigenvalue weighted by Gasteiger charge is -2.31. The van der Waals surface area contributed by atoms with Crippen molar-refractivity contribution in [1.29, 1.82) is 0 Å². The van der Waals surface area contributed by atoms with Crippen LogP contribution in [0.25, 0.3) is 107 Å². The summed E-state index contributed by atoms with van der Waals surface area (Å²) in [4.78, 5) is 2.50. The predicted octanol–water partition coefficient (Wildman–Crippen LogP) is 18.0. The zero-order chi connectivity index (χ0) is 42.3. The van der Waals surface area contributed by atoms with Crippen molar-refractivity contribution in [3.05, 3.63) is 211 Å². The number of furan rings is 1. The number of para-hydroxylation sites is 2. The first-order valence-electron chi connectivity index (χ1n) is 22.2. The lowest BCUT2D eigenvalue weighted by molar-refractivity contribution is 0.660. The topological polar surface area (TPSA) is 16.4 Å². The van der Waals surface area contributed by atoms with Crippen molar-refractivity contribution in [3.8, 4) is 22.3 Å². The fourth-order valence-electron chi connectivity index (χ4n) is 11.3. The summed E-state index contributed by atoms with van der Waals surface area (Å²) in [6, 6.07) is 74.2. The van der Waals surface area contributed by atoms with Crippen molar-refractivity contribution in [2.24, 2.45) is 0 Å². The highest BCUT2D eigenvalue weighted by Crippen LogP contribution is 2.55. The first-order valence-corrected chi connectivity index (χ1v) is 23.0. The van der Waals surface area contributed by atoms with E-state index in [2.05, 4.69) is 219 Å². The van der Waals surface area contributed by atoms with Gasteiger partial charge in [-0.3, -0.25) is 0 Å². The lowest BCUT2D eigenvalue weighted by Crippen LogP contribution is -2.17. The van der Waals surface area contributed by atoms with E-state index in [1.165, 1.54) is 96.6 Å². The molecule has 0 N–H and O–H groups in total. The van der Waals surface area contributed by atoms with E-state index in [0.29, 0.717) is 0 Å². The number of hydrogen-bond donors (Lipinski definition) is 0. The third-order valence-corrected chi connectivity index (χ3v) is 15.5. The summed E-state index contributed by atoms with van der Waals surface area (Å²) < 4.78 is 9.57. The Bertz CT molecular complexity index is 4090. The van der Waals surface area contributed by atoms with Gasteiger partial charge in [0, 0.05) is 58.6 Å². The number of nitrogens with zero attached hydrogens (tertiary/aromatic N) is 1. The van der Waals surface area contributed by atoms with Crippen LogP contribution in [0, 0.1) is 0 Å². The van der Waals surface area contributed by atoms with Gasteiger partial charge in [0.05, 0.1) is 11.4 Å². The third-order valence-electron chi connectivity index (χ3n) is 14.2. The van der Waals surface area contributed by atoms with E-state index in [0.717, 1.165) is 39.0 Å². The van der Waals surface area contributed by atoms with Gasteiger partial charge in [-0.05, 0) is 90.3 Å². The molecule has 0 saturated carbocycles. The predicted molar refractivity (Wildman–Crippen MR) is 274 cm³/mol. The van der Waals surface area contributed by atoms with Crippen LogP contribution in [0.3, 0.4) is 0 Å². The average molecular weight is 834 g/mol. The molecule has 1 aliphatic carbocycles. The zero-order valence-electron chi connectivity index (χ0n) is 35.3. The maximum absolute atomic E-state index is 6.96. The van der Waals surface area contributed by atoms with Crippen LogP contribution < -0.4 is 4.90 Å². The molecule has 2 heterocycles. The Kier molecular flexibility index (Phi) is 7.36. The van der Waals surface area contributed by atoms with E-state index in [4.69, 9.17) is 4.42 Å². The smallest absolute Gasteiger partial charge is 0.159 e. The van der Waals surface area contributed by atoms with E-state index in [1.807, 2.05) is 11.3 Å². The van der Waals surface area contributed by atoms with Gasteiger partial charge >= 0.3 is 0 Å². The van der Waals surface area contributed by atoms with Crippen molar-refractivity contribution in [2.75, 3.05) is 4.90 Å². The Labute approximate surface area is 373 Å². The van der Waals surface area contributed by atoms with Crippen molar-refractivity contribution in [1.82, 2.24) is 0 Å². The quantitative estimate of drug-likeness (QED) is 0.164. The average Bonchev–Trinajstić information content (AvgIpc) is 4.00. The molecule has 0 spiro atoms. The molecule has 64 heavy (non-hydrogen) atoms. The van der Waals surface area contributed by atoms with E-state index in [-0.39, 0.29) is 5.41 Å². The highest BCUT2D eigenvalue weighted by molar-refractivity contribution is 7.27. The molecule has 0 saturated heterocycles. The first-order chi connectivity index (χ1) is 31.5.